The van der Waals surface area contributed by atoms with Crippen molar-refractivity contribution < 1.29 is 19.8 Å². The van der Waals surface area contributed by atoms with Gasteiger partial charge < -0.3 is 21.7 Å². The molecule has 4 rings (SSSR count). The van der Waals surface area contributed by atoms with Gasteiger partial charge in [-0.25, -0.2) is 0 Å². The number of nitrogen functional groups attached to an aromatic ring is 2. The van der Waals surface area contributed by atoms with Crippen LogP contribution in [0.2, 0.25) is 0 Å². The third kappa shape index (κ3) is 4.15. The van der Waals surface area contributed by atoms with E-state index in [1.54, 1.807) is 13.0 Å². The molecule has 0 atom stereocenters. The van der Waals surface area contributed by atoms with Gasteiger partial charge in [-0.2, -0.15) is 0 Å². The summed E-state index contributed by atoms with van der Waals surface area (Å²) >= 11 is 0. The Balaban J connectivity index is 1.59. The molecule has 6 N–H and O–H groups in total. The van der Waals surface area contributed by atoms with E-state index in [0.29, 0.717) is 17.0 Å². The van der Waals surface area contributed by atoms with Crippen LogP contribution in [0.15, 0.2) is 12.1 Å². The van der Waals surface area contributed by atoms with Gasteiger partial charge in [0.15, 0.2) is 0 Å². The maximum Gasteiger partial charge on any atom is 0.200 e. The van der Waals surface area contributed by atoms with Crippen LogP contribution in [0.1, 0.15) is 120 Å². The van der Waals surface area contributed by atoms with Crippen LogP contribution in [-0.2, 0) is 0 Å². The Morgan fingerprint density at radius 2 is 1.35 bits per heavy atom. The quantitative estimate of drug-likeness (QED) is 0.193. The van der Waals surface area contributed by atoms with E-state index in [2.05, 4.69) is 6.92 Å². The number of carbonyl (C=O) groups is 2. The number of carbonyl (C=O) groups excluding carboxylic acids is 2. The summed E-state index contributed by atoms with van der Waals surface area (Å²) in [6, 6.07) is 3.12. The molecule has 0 bridgehead atoms. The lowest BCUT2D eigenvalue weighted by Crippen LogP contribution is -2.25. The molecule has 2 aromatic carbocycles. The van der Waals surface area contributed by atoms with Crippen LogP contribution in [0.5, 0.6) is 11.5 Å². The predicted octanol–water partition coefficient (Wildman–Crippen LogP) is 5.98. The van der Waals surface area contributed by atoms with E-state index < -0.39 is 11.6 Å². The van der Waals surface area contributed by atoms with Crippen molar-refractivity contribution in [2.24, 2.45) is 5.92 Å². The molecule has 0 spiro atoms. The number of benzene rings is 2. The second kappa shape index (κ2) is 9.69. The maximum absolute atomic E-state index is 13.4. The SMILES string of the molecule is CCCCCCC[C@H]1CC[C@H](c2cc(N)c3c(c2O)C(=O)c2c(N)cc(C)c(O)c2C3=O)CC1. The molecule has 1 saturated carbocycles. The molecule has 0 aliphatic heterocycles. The van der Waals surface area contributed by atoms with E-state index in [-0.39, 0.29) is 51.0 Å². The maximum atomic E-state index is 13.4. The monoisotopic (exact) mass is 464 g/mol. The molecule has 0 amide bonds. The Bertz CT molecular complexity index is 1130. The number of unbranched alkanes of at least 4 members (excludes halogenated alkanes) is 4. The number of phenolic OH excluding ortho intramolecular Hbond substituents is 2. The zero-order chi connectivity index (χ0) is 24.6. The zero-order valence-electron chi connectivity index (χ0n) is 20.2. The van der Waals surface area contributed by atoms with Crippen LogP contribution in [0, 0.1) is 12.8 Å². The van der Waals surface area contributed by atoms with Crippen molar-refractivity contribution in [3.05, 3.63) is 45.5 Å². The van der Waals surface area contributed by atoms with E-state index in [4.69, 9.17) is 11.5 Å². The summed E-state index contributed by atoms with van der Waals surface area (Å²) in [6.45, 7) is 3.84. The van der Waals surface area contributed by atoms with Gasteiger partial charge in [-0.3, -0.25) is 9.59 Å². The zero-order valence-corrected chi connectivity index (χ0v) is 20.2. The minimum absolute atomic E-state index is 0.0418. The Morgan fingerprint density at radius 3 is 1.97 bits per heavy atom. The fraction of sp³-hybridized carbons (Fsp3) is 0.500. The van der Waals surface area contributed by atoms with E-state index in [1.807, 2.05) is 0 Å². The molecule has 2 aromatic rings. The summed E-state index contributed by atoms with van der Waals surface area (Å²) in [4.78, 5) is 26.7. The first-order valence-electron chi connectivity index (χ1n) is 12.6. The fourth-order valence-electron chi connectivity index (χ4n) is 5.84. The highest BCUT2D eigenvalue weighted by atomic mass is 16.3. The van der Waals surface area contributed by atoms with Gasteiger partial charge in [-0.15, -0.1) is 0 Å². The average Bonchev–Trinajstić information content (AvgIpc) is 2.81. The van der Waals surface area contributed by atoms with E-state index in [9.17, 15) is 19.8 Å². The number of aromatic hydroxyl groups is 2. The van der Waals surface area contributed by atoms with Crippen LogP contribution in [0.3, 0.4) is 0 Å². The van der Waals surface area contributed by atoms with Gasteiger partial charge in [0.1, 0.15) is 11.5 Å². The largest absolute Gasteiger partial charge is 0.507 e. The molecule has 182 valence electrons. The molecule has 34 heavy (non-hydrogen) atoms. The molecule has 6 nitrogen and oxygen atoms in total. The molecule has 2 aliphatic rings. The number of fused-ring (bicyclic) bond motifs is 2. The summed E-state index contributed by atoms with van der Waals surface area (Å²) < 4.78 is 0. The molecular weight excluding hydrogens is 428 g/mol. The lowest BCUT2D eigenvalue weighted by Gasteiger charge is -2.31. The van der Waals surface area contributed by atoms with Gasteiger partial charge in [0.25, 0.3) is 0 Å². The number of hydrogen-bond donors (Lipinski definition) is 4. The van der Waals surface area contributed by atoms with Crippen LogP contribution in [0.4, 0.5) is 11.4 Å². The molecule has 0 saturated heterocycles. The number of hydrogen-bond acceptors (Lipinski definition) is 6. The molecule has 6 heteroatoms. The van der Waals surface area contributed by atoms with E-state index in [1.165, 1.54) is 44.6 Å². The molecule has 0 heterocycles. The normalized spacial score (nSPS) is 19.7. The number of anilines is 2. The molecular formula is C28H36N2O4. The van der Waals surface area contributed by atoms with Crippen molar-refractivity contribution in [1.29, 1.82) is 0 Å². The van der Waals surface area contributed by atoms with Crippen molar-refractivity contribution in [2.75, 3.05) is 11.5 Å². The lowest BCUT2D eigenvalue weighted by molar-refractivity contribution is 0.0975. The van der Waals surface area contributed by atoms with Crippen molar-refractivity contribution in [1.82, 2.24) is 0 Å². The first-order chi connectivity index (χ1) is 16.3. The van der Waals surface area contributed by atoms with Gasteiger partial charge >= 0.3 is 0 Å². The number of ketones is 2. The number of aryl methyl sites for hydroxylation is 1. The standard InChI is InChI=1S/C28H36N2O4/c1-3-4-5-6-7-8-16-9-11-17(12-10-16)18-14-20(30)22-24(26(18)32)28(34)21-19(29)13-15(2)25(31)23(21)27(22)33/h13-14,16-17,31-32H,3-12,29-30H2,1-2H3/t16-,17-. The van der Waals surface area contributed by atoms with Crippen LogP contribution >= 0.6 is 0 Å². The number of phenols is 2. The van der Waals surface area contributed by atoms with Crippen molar-refractivity contribution in [3.8, 4) is 11.5 Å². The summed E-state index contributed by atoms with van der Waals surface area (Å²) in [6.07, 6.45) is 11.7. The Kier molecular flexibility index (Phi) is 6.87. The fourth-order valence-corrected chi connectivity index (χ4v) is 5.84. The number of nitrogens with two attached hydrogens (primary N) is 2. The highest BCUT2D eigenvalue weighted by Gasteiger charge is 2.39. The van der Waals surface area contributed by atoms with Gasteiger partial charge in [-0.1, -0.05) is 45.4 Å². The van der Waals surface area contributed by atoms with E-state index >= 15 is 0 Å². The van der Waals surface area contributed by atoms with Gasteiger partial charge in [0.2, 0.25) is 11.6 Å². The Morgan fingerprint density at radius 1 is 0.794 bits per heavy atom. The Labute approximate surface area is 201 Å². The van der Waals surface area contributed by atoms with Gasteiger partial charge in [0, 0.05) is 11.4 Å². The molecule has 2 aliphatic carbocycles. The molecule has 0 unspecified atom stereocenters. The van der Waals surface area contributed by atoms with Crippen molar-refractivity contribution in [2.45, 2.75) is 84.0 Å². The highest BCUT2D eigenvalue weighted by Crippen LogP contribution is 2.48. The molecule has 0 aromatic heterocycles. The lowest BCUT2D eigenvalue weighted by atomic mass is 9.74. The minimum Gasteiger partial charge on any atom is -0.507 e. The van der Waals surface area contributed by atoms with E-state index in [0.717, 1.165) is 25.7 Å². The van der Waals surface area contributed by atoms with Gasteiger partial charge in [0.05, 0.1) is 22.3 Å². The van der Waals surface area contributed by atoms with Gasteiger partial charge in [-0.05, 0) is 67.7 Å². The first-order valence-corrected chi connectivity index (χ1v) is 12.6. The second-order valence-electron chi connectivity index (χ2n) is 10.1. The smallest absolute Gasteiger partial charge is 0.200 e. The minimum atomic E-state index is -0.580. The van der Waals surface area contributed by atoms with Crippen LogP contribution < -0.4 is 11.5 Å². The van der Waals surface area contributed by atoms with Crippen LogP contribution in [0.25, 0.3) is 0 Å². The third-order valence-electron chi connectivity index (χ3n) is 7.79. The molecule has 1 fully saturated rings. The Hall–Kier alpha value is -3.02. The van der Waals surface area contributed by atoms with Crippen molar-refractivity contribution >= 4 is 22.9 Å². The summed E-state index contributed by atoms with van der Waals surface area (Å²) in [5.41, 5.74) is 13.4. The third-order valence-corrected chi connectivity index (χ3v) is 7.79. The van der Waals surface area contributed by atoms with Crippen molar-refractivity contribution in [3.63, 3.8) is 0 Å². The summed E-state index contributed by atoms with van der Waals surface area (Å²) in [5, 5.41) is 21.7. The average molecular weight is 465 g/mol. The topological polar surface area (TPSA) is 127 Å². The first kappa shape index (κ1) is 24.1. The molecule has 0 radical (unpaired) electrons. The summed E-state index contributed by atoms with van der Waals surface area (Å²) in [7, 11) is 0. The number of rotatable bonds is 7. The van der Waals surface area contributed by atoms with Crippen LogP contribution in [-0.4, -0.2) is 21.8 Å². The highest BCUT2D eigenvalue weighted by molar-refractivity contribution is 6.33. The summed E-state index contributed by atoms with van der Waals surface area (Å²) in [5.74, 6) is -0.791. The predicted molar refractivity (Wildman–Crippen MR) is 135 cm³/mol. The second-order valence-corrected chi connectivity index (χ2v) is 10.1.